The van der Waals surface area contributed by atoms with Crippen LogP contribution in [0.3, 0.4) is 0 Å². The molecule has 5 heteroatoms. The molecule has 0 aliphatic heterocycles. The fraction of sp³-hybridized carbons (Fsp3) is 0.273. The van der Waals surface area contributed by atoms with Crippen molar-refractivity contribution in [2.75, 3.05) is 0 Å². The maximum Gasteiger partial charge on any atom is 0.261 e. The quantitative estimate of drug-likeness (QED) is 0.554. The molecule has 138 valence electrons. The molecular weight excluding hydrogens is 358 g/mol. The maximum atomic E-state index is 14.0. The number of nitrogens with zero attached hydrogens (tertiary/aromatic N) is 2. The van der Waals surface area contributed by atoms with Crippen molar-refractivity contribution in [3.05, 3.63) is 65.2 Å². The zero-order chi connectivity index (χ0) is 18.6. The van der Waals surface area contributed by atoms with Gasteiger partial charge in [0, 0.05) is 0 Å². The van der Waals surface area contributed by atoms with Crippen molar-refractivity contribution in [1.82, 2.24) is 10.1 Å². The molecule has 27 heavy (non-hydrogen) atoms. The molecule has 2 aromatic carbocycles. The monoisotopic (exact) mass is 380 g/mol. The lowest BCUT2D eigenvalue weighted by Crippen LogP contribution is -2.04. The van der Waals surface area contributed by atoms with Gasteiger partial charge in [0.15, 0.2) is 5.82 Å². The van der Waals surface area contributed by atoms with E-state index in [0.29, 0.717) is 22.6 Å². The Kier molecular flexibility index (Phi) is 5.45. The average Bonchev–Trinajstić information content (AvgIpc) is 3.16. The Morgan fingerprint density at radius 3 is 2.52 bits per heavy atom. The number of rotatable bonds is 4. The van der Waals surface area contributed by atoms with Gasteiger partial charge in [-0.1, -0.05) is 66.9 Å². The van der Waals surface area contributed by atoms with Crippen LogP contribution in [0.2, 0.25) is 0 Å². The summed E-state index contributed by atoms with van der Waals surface area (Å²) in [6.07, 6.45) is 10.4. The second-order valence-electron chi connectivity index (χ2n) is 7.00. The van der Waals surface area contributed by atoms with Crippen LogP contribution in [-0.2, 0) is 0 Å². The van der Waals surface area contributed by atoms with Gasteiger partial charge in [0.1, 0.15) is 5.82 Å². The van der Waals surface area contributed by atoms with Crippen LogP contribution in [0.5, 0.6) is 0 Å². The van der Waals surface area contributed by atoms with E-state index in [0.717, 1.165) is 5.56 Å². The van der Waals surface area contributed by atoms with Crippen LogP contribution in [0.1, 0.15) is 55.0 Å². The Morgan fingerprint density at radius 1 is 1.00 bits per heavy atom. The van der Waals surface area contributed by atoms with Gasteiger partial charge in [-0.3, -0.25) is 0 Å². The van der Waals surface area contributed by atoms with Crippen molar-refractivity contribution in [1.29, 1.82) is 0 Å². The van der Waals surface area contributed by atoms with E-state index in [1.165, 1.54) is 43.7 Å². The van der Waals surface area contributed by atoms with E-state index in [1.54, 1.807) is 18.2 Å². The first kappa shape index (κ1) is 18.1. The highest BCUT2D eigenvalue weighted by atomic mass is 31.0. The SMILES string of the molecule is Fc1cccc(P)c1-c1nc(/C=C/c2ccc(C3CCCCC3)cc2)no1. The third-order valence-corrected chi connectivity index (χ3v) is 5.62. The molecule has 1 aliphatic carbocycles. The second kappa shape index (κ2) is 8.14. The van der Waals surface area contributed by atoms with Crippen LogP contribution in [0.15, 0.2) is 47.0 Å². The van der Waals surface area contributed by atoms with E-state index >= 15 is 0 Å². The second-order valence-corrected chi connectivity index (χ2v) is 7.62. The first-order chi connectivity index (χ1) is 13.2. The topological polar surface area (TPSA) is 38.9 Å². The molecule has 0 spiro atoms. The van der Waals surface area contributed by atoms with Gasteiger partial charge >= 0.3 is 0 Å². The molecule has 1 heterocycles. The summed E-state index contributed by atoms with van der Waals surface area (Å²) in [7, 11) is 2.49. The molecule has 0 saturated heterocycles. The third kappa shape index (κ3) is 4.17. The zero-order valence-electron chi connectivity index (χ0n) is 15.1. The molecule has 1 atom stereocenters. The fourth-order valence-corrected chi connectivity index (χ4v) is 4.03. The van der Waals surface area contributed by atoms with E-state index in [9.17, 15) is 4.39 Å². The van der Waals surface area contributed by atoms with Crippen molar-refractivity contribution in [3.63, 3.8) is 0 Å². The van der Waals surface area contributed by atoms with Crippen LogP contribution < -0.4 is 5.30 Å². The smallest absolute Gasteiger partial charge is 0.261 e. The van der Waals surface area contributed by atoms with Crippen molar-refractivity contribution in [2.24, 2.45) is 0 Å². The number of hydrogen-bond acceptors (Lipinski definition) is 3. The van der Waals surface area contributed by atoms with Crippen LogP contribution in [-0.4, -0.2) is 10.1 Å². The summed E-state index contributed by atoms with van der Waals surface area (Å²) in [5.41, 5.74) is 2.84. The minimum absolute atomic E-state index is 0.186. The normalized spacial score (nSPS) is 15.5. The predicted octanol–water partition coefficient (Wildman–Crippen LogP) is 5.59. The lowest BCUT2D eigenvalue weighted by molar-refractivity contribution is 0.426. The summed E-state index contributed by atoms with van der Waals surface area (Å²) in [6, 6.07) is 13.5. The summed E-state index contributed by atoms with van der Waals surface area (Å²) >= 11 is 0. The highest BCUT2D eigenvalue weighted by molar-refractivity contribution is 7.27. The summed E-state index contributed by atoms with van der Waals surface area (Å²) in [6.45, 7) is 0. The van der Waals surface area contributed by atoms with Crippen molar-refractivity contribution in [3.8, 4) is 11.5 Å². The number of hydrogen-bond donors (Lipinski definition) is 0. The first-order valence-electron chi connectivity index (χ1n) is 9.37. The molecular formula is C22H22FN2OP. The minimum atomic E-state index is -0.375. The lowest BCUT2D eigenvalue weighted by Gasteiger charge is -2.21. The molecule has 0 amide bonds. The van der Waals surface area contributed by atoms with Crippen LogP contribution in [0, 0.1) is 5.82 Å². The summed E-state index contributed by atoms with van der Waals surface area (Å²) in [5, 5.41) is 4.62. The number of benzene rings is 2. The highest BCUT2D eigenvalue weighted by Gasteiger charge is 2.16. The minimum Gasteiger partial charge on any atom is -0.334 e. The largest absolute Gasteiger partial charge is 0.334 e. The van der Waals surface area contributed by atoms with Crippen LogP contribution in [0.4, 0.5) is 4.39 Å². The predicted molar refractivity (Wildman–Crippen MR) is 110 cm³/mol. The third-order valence-electron chi connectivity index (χ3n) is 5.14. The molecule has 1 unspecified atom stereocenters. The Morgan fingerprint density at radius 2 is 1.78 bits per heavy atom. The lowest BCUT2D eigenvalue weighted by atomic mass is 9.84. The van der Waals surface area contributed by atoms with E-state index in [1.807, 2.05) is 6.08 Å². The Balaban J connectivity index is 1.48. The van der Waals surface area contributed by atoms with Gasteiger partial charge in [0.25, 0.3) is 5.89 Å². The Bertz CT molecular complexity index is 923. The van der Waals surface area contributed by atoms with E-state index in [-0.39, 0.29) is 11.7 Å². The van der Waals surface area contributed by atoms with Crippen molar-refractivity contribution < 1.29 is 8.91 Å². The molecule has 1 fully saturated rings. The standard InChI is InChI=1S/C22H22FN2OP/c23-18-7-4-8-19(27)21(18)22-24-20(25-26-22)14-11-15-9-12-17(13-10-15)16-5-2-1-3-6-16/h4,7-14,16H,1-3,5-6,27H2/b14-11+. The summed E-state index contributed by atoms with van der Waals surface area (Å²) in [4.78, 5) is 4.29. The van der Waals surface area contributed by atoms with Crippen molar-refractivity contribution in [2.45, 2.75) is 38.0 Å². The van der Waals surface area contributed by atoms with Crippen LogP contribution in [0.25, 0.3) is 23.6 Å². The average molecular weight is 380 g/mol. The molecule has 3 nitrogen and oxygen atoms in total. The molecule has 1 aromatic heterocycles. The molecule has 3 aromatic rings. The van der Waals surface area contributed by atoms with Gasteiger partial charge in [-0.2, -0.15) is 4.98 Å². The van der Waals surface area contributed by atoms with Gasteiger partial charge in [-0.25, -0.2) is 4.39 Å². The Hall–Kier alpha value is -2.32. The van der Waals surface area contributed by atoms with Gasteiger partial charge in [0.2, 0.25) is 0 Å². The van der Waals surface area contributed by atoms with E-state index in [2.05, 4.69) is 43.6 Å². The first-order valence-corrected chi connectivity index (χ1v) is 9.94. The highest BCUT2D eigenvalue weighted by Crippen LogP contribution is 2.32. The molecule has 1 aliphatic rings. The van der Waals surface area contributed by atoms with Gasteiger partial charge < -0.3 is 4.52 Å². The molecule has 0 bridgehead atoms. The van der Waals surface area contributed by atoms with E-state index in [4.69, 9.17) is 4.52 Å². The van der Waals surface area contributed by atoms with Gasteiger partial charge in [0.05, 0.1) is 5.56 Å². The summed E-state index contributed by atoms with van der Waals surface area (Å²) < 4.78 is 19.3. The van der Waals surface area contributed by atoms with Gasteiger partial charge in [-0.15, -0.1) is 9.24 Å². The fourth-order valence-electron chi connectivity index (χ4n) is 3.66. The molecule has 0 radical (unpaired) electrons. The number of halogens is 1. The number of aromatic nitrogens is 2. The maximum absolute atomic E-state index is 14.0. The summed E-state index contributed by atoms with van der Waals surface area (Å²) in [5.74, 6) is 0.942. The van der Waals surface area contributed by atoms with Crippen LogP contribution >= 0.6 is 9.24 Å². The molecule has 0 N–H and O–H groups in total. The van der Waals surface area contributed by atoms with Crippen molar-refractivity contribution >= 4 is 26.7 Å². The molecule has 4 rings (SSSR count). The van der Waals surface area contributed by atoms with E-state index < -0.39 is 0 Å². The Labute approximate surface area is 160 Å². The zero-order valence-corrected chi connectivity index (χ0v) is 16.2. The molecule has 1 saturated carbocycles. The van der Waals surface area contributed by atoms with Gasteiger partial charge in [-0.05, 0) is 47.3 Å².